The number of carbonyl (C=O) groups is 1. The molecule has 1 aromatic heterocycles. The number of amides is 2. The summed E-state index contributed by atoms with van der Waals surface area (Å²) in [5.41, 5.74) is 3.19. The highest BCUT2D eigenvalue weighted by Gasteiger charge is 2.33. The smallest absolute Gasteiger partial charge is 0.318 e. The number of anilines is 1. The van der Waals surface area contributed by atoms with Crippen molar-refractivity contribution < 1.29 is 18.0 Å². The van der Waals surface area contributed by atoms with Crippen LogP contribution in [0.25, 0.3) is 5.69 Å². The van der Waals surface area contributed by atoms with Crippen molar-refractivity contribution in [3.63, 3.8) is 0 Å². The Labute approximate surface area is 182 Å². The summed E-state index contributed by atoms with van der Waals surface area (Å²) in [7, 11) is 0. The number of aromatic nitrogens is 1. The Morgan fingerprint density at radius 1 is 0.875 bits per heavy atom. The van der Waals surface area contributed by atoms with Crippen LogP contribution in [0.5, 0.6) is 0 Å². The monoisotopic (exact) mass is 433 g/mol. The molecule has 5 rings (SSSR count). The third kappa shape index (κ3) is 3.51. The summed E-state index contributed by atoms with van der Waals surface area (Å²) >= 11 is 0. The fraction of sp³-hybridized carbons (Fsp3) is 0.0800. The van der Waals surface area contributed by atoms with Crippen LogP contribution < -0.4 is 5.32 Å². The molecule has 0 radical (unpaired) electrons. The molecule has 1 N–H and O–H groups in total. The van der Waals surface area contributed by atoms with Crippen LogP contribution >= 0.6 is 0 Å². The van der Waals surface area contributed by atoms with Crippen LogP contribution in [0.4, 0.5) is 23.7 Å². The fourth-order valence-electron chi connectivity index (χ4n) is 4.11. The van der Waals surface area contributed by atoms with Crippen molar-refractivity contribution in [1.29, 1.82) is 0 Å². The predicted molar refractivity (Wildman–Crippen MR) is 115 cm³/mol. The minimum atomic E-state index is -0.865. The van der Waals surface area contributed by atoms with Crippen LogP contribution in [0, 0.1) is 17.5 Å². The first-order chi connectivity index (χ1) is 15.5. The molecule has 2 heterocycles. The molecule has 3 aromatic carbocycles. The lowest BCUT2D eigenvalue weighted by Gasteiger charge is -2.31. The molecule has 0 saturated heterocycles. The van der Waals surface area contributed by atoms with Gasteiger partial charge in [-0.3, -0.25) is 0 Å². The number of para-hydroxylation sites is 1. The number of urea groups is 1. The van der Waals surface area contributed by atoms with Crippen molar-refractivity contribution in [2.45, 2.75) is 12.6 Å². The van der Waals surface area contributed by atoms with Gasteiger partial charge in [-0.1, -0.05) is 30.3 Å². The third-order valence-corrected chi connectivity index (χ3v) is 5.58. The van der Waals surface area contributed by atoms with E-state index in [2.05, 4.69) is 5.32 Å². The lowest BCUT2D eigenvalue weighted by molar-refractivity contribution is 0.194. The van der Waals surface area contributed by atoms with E-state index in [0.29, 0.717) is 5.56 Å². The summed E-state index contributed by atoms with van der Waals surface area (Å²) in [6.07, 6.45) is 1.91. The molecule has 32 heavy (non-hydrogen) atoms. The second-order valence-corrected chi connectivity index (χ2v) is 7.57. The van der Waals surface area contributed by atoms with E-state index in [4.69, 9.17) is 0 Å². The lowest BCUT2D eigenvalue weighted by Crippen LogP contribution is -2.38. The van der Waals surface area contributed by atoms with E-state index >= 15 is 0 Å². The number of hydrogen-bond acceptors (Lipinski definition) is 1. The zero-order valence-electron chi connectivity index (χ0n) is 16.8. The number of nitrogens with one attached hydrogen (secondary N) is 1. The van der Waals surface area contributed by atoms with Gasteiger partial charge in [-0.25, -0.2) is 18.0 Å². The van der Waals surface area contributed by atoms with Crippen molar-refractivity contribution in [3.05, 3.63) is 119 Å². The number of halogens is 3. The van der Waals surface area contributed by atoms with Gasteiger partial charge >= 0.3 is 6.03 Å². The van der Waals surface area contributed by atoms with Crippen molar-refractivity contribution in [3.8, 4) is 5.69 Å². The highest BCUT2D eigenvalue weighted by atomic mass is 19.1. The van der Waals surface area contributed by atoms with Gasteiger partial charge in [-0.15, -0.1) is 0 Å². The Kier molecular flexibility index (Phi) is 4.93. The first kappa shape index (κ1) is 19.9. The number of fused-ring (bicyclic) bond motifs is 3. The van der Waals surface area contributed by atoms with Gasteiger partial charge in [0.05, 0.1) is 24.0 Å². The standard InChI is InChI=1S/C25H18F3N3O/c26-18-9-7-16(8-10-18)24-23-6-3-13-30(23)22-5-2-1-4-17(22)15-31(24)25(32)29-21-12-11-19(27)14-20(21)28/h1-14,24H,15H2,(H,29,32)/t24-/m1/s1. The number of rotatable bonds is 2. The van der Waals surface area contributed by atoms with Crippen molar-refractivity contribution in [2.75, 3.05) is 5.32 Å². The Bertz CT molecular complexity index is 1300. The highest BCUT2D eigenvalue weighted by Crippen LogP contribution is 2.37. The molecule has 4 nitrogen and oxygen atoms in total. The summed E-state index contributed by atoms with van der Waals surface area (Å²) in [6.45, 7) is 0.231. The summed E-state index contributed by atoms with van der Waals surface area (Å²) < 4.78 is 43.2. The normalized spacial score (nSPS) is 15.0. The average molecular weight is 433 g/mol. The molecule has 1 aliphatic heterocycles. The van der Waals surface area contributed by atoms with E-state index in [0.717, 1.165) is 29.1 Å². The van der Waals surface area contributed by atoms with Crippen LogP contribution in [0.1, 0.15) is 22.9 Å². The topological polar surface area (TPSA) is 37.3 Å². The molecule has 0 aliphatic carbocycles. The Morgan fingerprint density at radius 2 is 1.62 bits per heavy atom. The molecular weight excluding hydrogens is 415 g/mol. The molecule has 0 fully saturated rings. The minimum absolute atomic E-state index is 0.123. The van der Waals surface area contributed by atoms with Crippen LogP contribution in [0.2, 0.25) is 0 Å². The molecule has 0 saturated carbocycles. The van der Waals surface area contributed by atoms with E-state index in [-0.39, 0.29) is 18.0 Å². The maximum atomic E-state index is 14.2. The van der Waals surface area contributed by atoms with Gasteiger partial charge in [0.2, 0.25) is 0 Å². The maximum absolute atomic E-state index is 14.2. The number of benzene rings is 3. The first-order valence-corrected chi connectivity index (χ1v) is 10.0. The van der Waals surface area contributed by atoms with E-state index in [9.17, 15) is 18.0 Å². The van der Waals surface area contributed by atoms with Crippen LogP contribution in [-0.4, -0.2) is 15.5 Å². The lowest BCUT2D eigenvalue weighted by atomic mass is 10.0. The maximum Gasteiger partial charge on any atom is 0.323 e. The van der Waals surface area contributed by atoms with Gasteiger partial charge in [0.1, 0.15) is 17.5 Å². The van der Waals surface area contributed by atoms with Gasteiger partial charge < -0.3 is 14.8 Å². The molecule has 0 bridgehead atoms. The van der Waals surface area contributed by atoms with Crippen molar-refractivity contribution in [1.82, 2.24) is 9.47 Å². The third-order valence-electron chi connectivity index (χ3n) is 5.58. The molecule has 160 valence electrons. The van der Waals surface area contributed by atoms with Gasteiger partial charge in [0.25, 0.3) is 0 Å². The Morgan fingerprint density at radius 3 is 2.41 bits per heavy atom. The molecular formula is C25H18F3N3O. The Balaban J connectivity index is 1.62. The molecule has 4 aromatic rings. The molecule has 1 atom stereocenters. The number of hydrogen-bond donors (Lipinski definition) is 1. The van der Waals surface area contributed by atoms with Gasteiger partial charge in [-0.2, -0.15) is 0 Å². The zero-order chi connectivity index (χ0) is 22.2. The van der Waals surface area contributed by atoms with Crippen LogP contribution in [0.3, 0.4) is 0 Å². The first-order valence-electron chi connectivity index (χ1n) is 10.0. The highest BCUT2D eigenvalue weighted by molar-refractivity contribution is 5.90. The second-order valence-electron chi connectivity index (χ2n) is 7.57. The van der Waals surface area contributed by atoms with E-state index < -0.39 is 23.7 Å². The van der Waals surface area contributed by atoms with Crippen LogP contribution in [-0.2, 0) is 6.54 Å². The largest absolute Gasteiger partial charge is 0.323 e. The summed E-state index contributed by atoms with van der Waals surface area (Å²) in [6, 6.07) is 19.3. The second kappa shape index (κ2) is 7.92. The van der Waals surface area contributed by atoms with Crippen molar-refractivity contribution >= 4 is 11.7 Å². The predicted octanol–water partition coefficient (Wildman–Crippen LogP) is 6.03. The van der Waals surface area contributed by atoms with Gasteiger partial charge in [-0.05, 0) is 53.6 Å². The molecule has 0 unspecified atom stereocenters. The zero-order valence-corrected chi connectivity index (χ0v) is 16.8. The van der Waals surface area contributed by atoms with E-state index in [1.165, 1.54) is 18.2 Å². The Hall–Kier alpha value is -4.00. The molecule has 0 spiro atoms. The van der Waals surface area contributed by atoms with Crippen molar-refractivity contribution in [2.24, 2.45) is 0 Å². The molecule has 1 aliphatic rings. The van der Waals surface area contributed by atoms with E-state index in [1.807, 2.05) is 47.2 Å². The quantitative estimate of drug-likeness (QED) is 0.412. The number of nitrogens with zero attached hydrogens (tertiary/aromatic N) is 2. The SMILES string of the molecule is O=C(Nc1ccc(F)cc1F)N1Cc2ccccc2-n2cccc2[C@H]1c1ccc(F)cc1. The minimum Gasteiger partial charge on any atom is -0.318 e. The fourth-order valence-corrected chi connectivity index (χ4v) is 4.11. The molecule has 2 amide bonds. The van der Waals surface area contributed by atoms with Gasteiger partial charge in [0.15, 0.2) is 0 Å². The number of carbonyl (C=O) groups excluding carboxylic acids is 1. The summed E-state index contributed by atoms with van der Waals surface area (Å²) in [5.74, 6) is -1.98. The molecule has 7 heteroatoms. The summed E-state index contributed by atoms with van der Waals surface area (Å²) in [4.78, 5) is 15.0. The summed E-state index contributed by atoms with van der Waals surface area (Å²) in [5, 5.41) is 2.56. The van der Waals surface area contributed by atoms with Crippen LogP contribution in [0.15, 0.2) is 85.1 Å². The van der Waals surface area contributed by atoms with E-state index in [1.54, 1.807) is 17.0 Å². The average Bonchev–Trinajstić information content (AvgIpc) is 3.21. The van der Waals surface area contributed by atoms with Gasteiger partial charge in [0, 0.05) is 18.0 Å².